The van der Waals surface area contributed by atoms with E-state index in [1.165, 1.54) is 17.7 Å². The summed E-state index contributed by atoms with van der Waals surface area (Å²) in [7, 11) is 1.67. The van der Waals surface area contributed by atoms with Crippen LogP contribution in [0.3, 0.4) is 0 Å². The average molecular weight is 310 g/mol. The molecule has 0 radical (unpaired) electrons. The summed E-state index contributed by atoms with van der Waals surface area (Å²) < 4.78 is 5.22. The van der Waals surface area contributed by atoms with Crippen molar-refractivity contribution in [2.24, 2.45) is 0 Å². The molecule has 2 bridgehead atoms. The zero-order valence-corrected chi connectivity index (χ0v) is 13.4. The Morgan fingerprint density at radius 1 is 1.09 bits per heavy atom. The maximum atomic E-state index is 5.22. The first-order valence-corrected chi connectivity index (χ1v) is 8.19. The minimum atomic E-state index is 0.664. The molecule has 2 atom stereocenters. The first-order valence-electron chi connectivity index (χ1n) is 8.19. The van der Waals surface area contributed by atoms with Crippen molar-refractivity contribution in [1.29, 1.82) is 0 Å². The molecule has 2 unspecified atom stereocenters. The molecule has 0 N–H and O–H groups in total. The van der Waals surface area contributed by atoms with Gasteiger partial charge in [-0.2, -0.15) is 0 Å². The Kier molecular flexibility index (Phi) is 3.97. The number of aromatic nitrogens is 2. The third kappa shape index (κ3) is 3.07. The van der Waals surface area contributed by atoms with E-state index in [2.05, 4.69) is 38.0 Å². The van der Waals surface area contributed by atoms with Gasteiger partial charge in [0.2, 0.25) is 5.88 Å². The Balaban J connectivity index is 1.36. The van der Waals surface area contributed by atoms with E-state index in [0.29, 0.717) is 18.0 Å². The molecule has 5 heteroatoms. The molecule has 5 heterocycles. The van der Waals surface area contributed by atoms with Crippen molar-refractivity contribution in [3.63, 3.8) is 0 Å². The van der Waals surface area contributed by atoms with Crippen LogP contribution in [0.1, 0.15) is 17.7 Å². The molecular weight excluding hydrogens is 288 g/mol. The van der Waals surface area contributed by atoms with Crippen molar-refractivity contribution < 1.29 is 4.74 Å². The lowest BCUT2D eigenvalue weighted by molar-refractivity contribution is -0.0777. The van der Waals surface area contributed by atoms with Crippen molar-refractivity contribution in [1.82, 2.24) is 19.8 Å². The van der Waals surface area contributed by atoms with Gasteiger partial charge in [-0.25, -0.2) is 4.98 Å². The summed E-state index contributed by atoms with van der Waals surface area (Å²) in [5.41, 5.74) is 2.45. The molecule has 5 rings (SSSR count). The lowest BCUT2D eigenvalue weighted by Crippen LogP contribution is -2.67. The van der Waals surface area contributed by atoms with Gasteiger partial charge in [-0.1, -0.05) is 6.07 Å². The second-order valence-electron chi connectivity index (χ2n) is 6.44. The molecule has 120 valence electrons. The molecule has 0 aliphatic carbocycles. The van der Waals surface area contributed by atoms with Crippen molar-refractivity contribution in [2.45, 2.75) is 31.6 Å². The number of rotatable bonds is 5. The summed E-state index contributed by atoms with van der Waals surface area (Å²) in [4.78, 5) is 13.8. The largest absolute Gasteiger partial charge is 0.481 e. The maximum absolute atomic E-state index is 5.22. The molecule has 5 nitrogen and oxygen atoms in total. The Labute approximate surface area is 136 Å². The van der Waals surface area contributed by atoms with Crippen LogP contribution in [0.2, 0.25) is 0 Å². The van der Waals surface area contributed by atoms with Crippen LogP contribution < -0.4 is 4.74 Å². The minimum absolute atomic E-state index is 0.664. The number of fused-ring (bicyclic) bond motifs is 2. The van der Waals surface area contributed by atoms with Crippen LogP contribution in [0, 0.1) is 0 Å². The smallest absolute Gasteiger partial charge is 0.213 e. The summed E-state index contributed by atoms with van der Waals surface area (Å²) in [5, 5.41) is 0. The highest BCUT2D eigenvalue weighted by atomic mass is 16.5. The number of hydrogen-bond donors (Lipinski definition) is 0. The summed E-state index contributed by atoms with van der Waals surface area (Å²) in [5.74, 6) is 0.699. The molecule has 23 heavy (non-hydrogen) atoms. The molecule has 0 amide bonds. The highest BCUT2D eigenvalue weighted by Gasteiger charge is 2.44. The average Bonchev–Trinajstić information content (AvgIpc) is 2.61. The van der Waals surface area contributed by atoms with Crippen molar-refractivity contribution in [3.8, 4) is 5.88 Å². The molecule has 0 aromatic carbocycles. The van der Waals surface area contributed by atoms with Gasteiger partial charge in [0.1, 0.15) is 0 Å². The van der Waals surface area contributed by atoms with Crippen molar-refractivity contribution in [3.05, 3.63) is 54.0 Å². The number of methoxy groups -OCH3 is 1. The van der Waals surface area contributed by atoms with Crippen LogP contribution in [0.25, 0.3) is 0 Å². The summed E-state index contributed by atoms with van der Waals surface area (Å²) in [6.45, 7) is 4.22. The van der Waals surface area contributed by atoms with Gasteiger partial charge in [-0.15, -0.1) is 0 Å². The highest BCUT2D eigenvalue weighted by Crippen LogP contribution is 2.34. The van der Waals surface area contributed by atoms with Gasteiger partial charge in [0.15, 0.2) is 0 Å². The van der Waals surface area contributed by atoms with Crippen LogP contribution >= 0.6 is 0 Å². The zero-order valence-electron chi connectivity index (χ0n) is 13.4. The topological polar surface area (TPSA) is 41.5 Å². The molecule has 3 saturated heterocycles. The van der Waals surface area contributed by atoms with E-state index < -0.39 is 0 Å². The fourth-order valence-electron chi connectivity index (χ4n) is 3.75. The summed E-state index contributed by atoms with van der Waals surface area (Å²) in [6, 6.07) is 11.6. The monoisotopic (exact) mass is 310 g/mol. The molecule has 0 saturated carbocycles. The van der Waals surface area contributed by atoms with Crippen LogP contribution in [-0.2, 0) is 13.1 Å². The molecule has 0 spiro atoms. The van der Waals surface area contributed by atoms with E-state index in [9.17, 15) is 0 Å². The Bertz CT molecular complexity index is 651. The quantitative estimate of drug-likeness (QED) is 0.844. The number of ether oxygens (including phenoxy) is 1. The second kappa shape index (κ2) is 6.26. The van der Waals surface area contributed by atoms with Gasteiger partial charge in [-0.3, -0.25) is 14.8 Å². The van der Waals surface area contributed by atoms with Gasteiger partial charge in [0, 0.05) is 56.7 Å². The normalized spacial score (nSPS) is 24.2. The molecule has 3 aliphatic rings. The minimum Gasteiger partial charge on any atom is -0.481 e. The van der Waals surface area contributed by atoms with Gasteiger partial charge < -0.3 is 4.74 Å². The van der Waals surface area contributed by atoms with E-state index in [1.54, 1.807) is 7.11 Å². The number of pyridine rings is 2. The Morgan fingerprint density at radius 3 is 2.70 bits per heavy atom. The third-order valence-electron chi connectivity index (χ3n) is 4.91. The zero-order chi connectivity index (χ0) is 15.6. The van der Waals surface area contributed by atoms with Crippen molar-refractivity contribution >= 4 is 0 Å². The van der Waals surface area contributed by atoms with E-state index in [4.69, 9.17) is 4.74 Å². The van der Waals surface area contributed by atoms with E-state index in [-0.39, 0.29) is 0 Å². The number of piperazine rings is 1. The maximum Gasteiger partial charge on any atom is 0.213 e. The van der Waals surface area contributed by atoms with Gasteiger partial charge in [0.25, 0.3) is 0 Å². The Hall–Kier alpha value is -1.98. The van der Waals surface area contributed by atoms with Crippen LogP contribution in [0.5, 0.6) is 5.88 Å². The predicted molar refractivity (Wildman–Crippen MR) is 88.0 cm³/mol. The second-order valence-corrected chi connectivity index (χ2v) is 6.44. The van der Waals surface area contributed by atoms with Crippen molar-refractivity contribution in [2.75, 3.05) is 20.2 Å². The molecule has 3 aliphatic heterocycles. The van der Waals surface area contributed by atoms with E-state index in [1.807, 2.05) is 24.5 Å². The van der Waals surface area contributed by atoms with Crippen LogP contribution in [0.4, 0.5) is 0 Å². The Morgan fingerprint density at radius 2 is 1.96 bits per heavy atom. The number of piperidine rings is 1. The molecule has 3 fully saturated rings. The van der Waals surface area contributed by atoms with Gasteiger partial charge >= 0.3 is 0 Å². The first-order chi connectivity index (χ1) is 11.3. The number of nitrogens with zero attached hydrogens (tertiary/aromatic N) is 4. The van der Waals surface area contributed by atoms with Gasteiger partial charge in [-0.05, 0) is 30.2 Å². The first kappa shape index (κ1) is 14.6. The summed E-state index contributed by atoms with van der Waals surface area (Å²) >= 11 is 0. The van der Waals surface area contributed by atoms with E-state index in [0.717, 1.165) is 26.2 Å². The van der Waals surface area contributed by atoms with Crippen LogP contribution in [0.15, 0.2) is 42.7 Å². The van der Waals surface area contributed by atoms with Crippen LogP contribution in [-0.4, -0.2) is 52.1 Å². The molecular formula is C18H22N4O. The fraction of sp³-hybridized carbons (Fsp3) is 0.444. The molecule has 2 aromatic rings. The van der Waals surface area contributed by atoms with Gasteiger partial charge in [0.05, 0.1) is 12.8 Å². The highest BCUT2D eigenvalue weighted by molar-refractivity contribution is 5.21. The number of hydrogen-bond acceptors (Lipinski definition) is 5. The third-order valence-corrected chi connectivity index (χ3v) is 4.91. The molecule has 2 aromatic heterocycles. The lowest BCUT2D eigenvalue weighted by Gasteiger charge is -2.56. The fourth-order valence-corrected chi connectivity index (χ4v) is 3.75. The SMILES string of the molecule is COc1cc(CN2C3CC2CN(Cc2ccccn2)C3)ccn1. The lowest BCUT2D eigenvalue weighted by atomic mass is 9.86. The summed E-state index contributed by atoms with van der Waals surface area (Å²) in [6.07, 6.45) is 5.03. The predicted octanol–water partition coefficient (Wildman–Crippen LogP) is 1.94. The standard InChI is InChI=1S/C18H22N4O/c1-23-18-8-14(5-7-20-18)10-22-16-9-17(22)13-21(12-16)11-15-4-2-3-6-19-15/h2-8,16-17H,9-13H2,1H3. The van der Waals surface area contributed by atoms with E-state index >= 15 is 0 Å².